The minimum absolute atomic E-state index is 0.0972. The van der Waals surface area contributed by atoms with Crippen molar-refractivity contribution in [1.29, 1.82) is 5.26 Å². The first-order chi connectivity index (χ1) is 8.20. The van der Waals surface area contributed by atoms with Crippen molar-refractivity contribution in [3.63, 3.8) is 0 Å². The maximum absolute atomic E-state index is 13.1. The fraction of sp³-hybridized carbons (Fsp3) is 0.462. The summed E-state index contributed by atoms with van der Waals surface area (Å²) in [5.41, 5.74) is 1.02. The van der Waals surface area contributed by atoms with Crippen LogP contribution in [0.1, 0.15) is 24.5 Å². The Balaban J connectivity index is 1.97. The molecule has 0 saturated carbocycles. The molecule has 4 heteroatoms. The van der Waals surface area contributed by atoms with Crippen molar-refractivity contribution in [2.45, 2.75) is 32.0 Å². The second-order valence-electron chi connectivity index (χ2n) is 4.28. The molecule has 0 aromatic heterocycles. The smallest absolute Gasteiger partial charge is 0.140 e. The number of rotatable bonds is 3. The highest BCUT2D eigenvalue weighted by Crippen LogP contribution is 2.14. The SMILES string of the molecule is CC1OCCC1NCc1ccc(F)c(C#N)c1. The lowest BCUT2D eigenvalue weighted by atomic mass is 10.1. The second-order valence-corrected chi connectivity index (χ2v) is 4.28. The fourth-order valence-electron chi connectivity index (χ4n) is 2.02. The molecule has 0 aliphatic carbocycles. The minimum Gasteiger partial charge on any atom is -0.377 e. The first-order valence-corrected chi connectivity index (χ1v) is 5.74. The summed E-state index contributed by atoms with van der Waals surface area (Å²) < 4.78 is 18.6. The molecule has 2 rings (SSSR count). The van der Waals surface area contributed by atoms with Gasteiger partial charge in [-0.05, 0) is 31.0 Å². The molecule has 1 aliphatic rings. The molecule has 1 aromatic carbocycles. The standard InChI is InChI=1S/C13H15FN2O/c1-9-13(4-5-17-9)16-8-10-2-3-12(14)11(6-10)7-15/h2-3,6,9,13,16H,4-5,8H2,1H3. The lowest BCUT2D eigenvalue weighted by Crippen LogP contribution is -2.34. The van der Waals surface area contributed by atoms with E-state index in [4.69, 9.17) is 10.00 Å². The van der Waals surface area contributed by atoms with Crippen molar-refractivity contribution in [2.75, 3.05) is 6.61 Å². The van der Waals surface area contributed by atoms with Crippen LogP contribution in [0.3, 0.4) is 0 Å². The van der Waals surface area contributed by atoms with Crippen LogP contribution in [0.15, 0.2) is 18.2 Å². The second kappa shape index (κ2) is 5.26. The van der Waals surface area contributed by atoms with E-state index in [9.17, 15) is 4.39 Å². The van der Waals surface area contributed by atoms with Gasteiger partial charge in [-0.15, -0.1) is 0 Å². The van der Waals surface area contributed by atoms with E-state index in [2.05, 4.69) is 5.32 Å². The van der Waals surface area contributed by atoms with Crippen molar-refractivity contribution >= 4 is 0 Å². The van der Waals surface area contributed by atoms with Crippen LogP contribution >= 0.6 is 0 Å². The van der Waals surface area contributed by atoms with E-state index in [0.29, 0.717) is 12.6 Å². The highest BCUT2D eigenvalue weighted by molar-refractivity contribution is 5.34. The fourth-order valence-corrected chi connectivity index (χ4v) is 2.02. The van der Waals surface area contributed by atoms with E-state index in [1.54, 1.807) is 12.1 Å². The molecular weight excluding hydrogens is 219 g/mol. The molecule has 17 heavy (non-hydrogen) atoms. The van der Waals surface area contributed by atoms with E-state index >= 15 is 0 Å². The van der Waals surface area contributed by atoms with Gasteiger partial charge in [-0.3, -0.25) is 0 Å². The molecular formula is C13H15FN2O. The number of nitrogens with one attached hydrogen (secondary N) is 1. The molecule has 1 heterocycles. The normalized spacial score (nSPS) is 23.6. The third-order valence-corrected chi connectivity index (χ3v) is 3.10. The summed E-state index contributed by atoms with van der Waals surface area (Å²) in [5, 5.41) is 12.1. The number of hydrogen-bond donors (Lipinski definition) is 1. The molecule has 0 spiro atoms. The Hall–Kier alpha value is -1.44. The topological polar surface area (TPSA) is 45.0 Å². The number of nitriles is 1. The molecule has 2 unspecified atom stereocenters. The summed E-state index contributed by atoms with van der Waals surface area (Å²) in [6.07, 6.45) is 1.21. The Morgan fingerprint density at radius 3 is 3.06 bits per heavy atom. The molecule has 1 aliphatic heterocycles. The van der Waals surface area contributed by atoms with Crippen LogP contribution in [0, 0.1) is 17.1 Å². The summed E-state index contributed by atoms with van der Waals surface area (Å²) in [7, 11) is 0. The third kappa shape index (κ3) is 2.82. The highest BCUT2D eigenvalue weighted by Gasteiger charge is 2.23. The van der Waals surface area contributed by atoms with E-state index in [1.807, 2.05) is 13.0 Å². The maximum atomic E-state index is 13.1. The zero-order chi connectivity index (χ0) is 12.3. The highest BCUT2D eigenvalue weighted by atomic mass is 19.1. The average Bonchev–Trinajstić information content (AvgIpc) is 2.74. The van der Waals surface area contributed by atoms with Crippen molar-refractivity contribution in [3.05, 3.63) is 35.1 Å². The summed E-state index contributed by atoms with van der Waals surface area (Å²) in [4.78, 5) is 0. The van der Waals surface area contributed by atoms with Gasteiger partial charge in [0, 0.05) is 19.2 Å². The van der Waals surface area contributed by atoms with Gasteiger partial charge in [0.05, 0.1) is 11.7 Å². The monoisotopic (exact) mass is 234 g/mol. The van der Waals surface area contributed by atoms with Gasteiger partial charge in [0.15, 0.2) is 0 Å². The quantitative estimate of drug-likeness (QED) is 0.869. The summed E-state index contributed by atoms with van der Waals surface area (Å²) in [6, 6.07) is 6.81. The first-order valence-electron chi connectivity index (χ1n) is 5.74. The Kier molecular flexibility index (Phi) is 3.72. The van der Waals surface area contributed by atoms with Gasteiger partial charge < -0.3 is 10.1 Å². The number of hydrogen-bond acceptors (Lipinski definition) is 3. The zero-order valence-electron chi connectivity index (χ0n) is 9.74. The van der Waals surface area contributed by atoms with Gasteiger partial charge in [0.2, 0.25) is 0 Å². The van der Waals surface area contributed by atoms with Crippen molar-refractivity contribution in [2.24, 2.45) is 0 Å². The van der Waals surface area contributed by atoms with Crippen LogP contribution in [0.5, 0.6) is 0 Å². The van der Waals surface area contributed by atoms with Crippen LogP contribution in [-0.4, -0.2) is 18.8 Å². The van der Waals surface area contributed by atoms with Crippen LogP contribution in [0.2, 0.25) is 0 Å². The van der Waals surface area contributed by atoms with E-state index < -0.39 is 5.82 Å². The maximum Gasteiger partial charge on any atom is 0.140 e. The van der Waals surface area contributed by atoms with Crippen molar-refractivity contribution in [3.8, 4) is 6.07 Å². The summed E-state index contributed by atoms with van der Waals surface area (Å²) in [6.45, 7) is 3.45. The molecule has 0 amide bonds. The van der Waals surface area contributed by atoms with Crippen LogP contribution in [0.25, 0.3) is 0 Å². The molecule has 1 fully saturated rings. The number of benzene rings is 1. The number of halogens is 1. The first kappa shape index (κ1) is 12.0. The Labute approximate surface area is 100 Å². The molecule has 0 radical (unpaired) electrons. The van der Waals surface area contributed by atoms with Gasteiger partial charge in [0.25, 0.3) is 0 Å². The van der Waals surface area contributed by atoms with Crippen molar-refractivity contribution in [1.82, 2.24) is 5.32 Å². The number of ether oxygens (including phenoxy) is 1. The number of nitrogens with zero attached hydrogens (tertiary/aromatic N) is 1. The van der Waals surface area contributed by atoms with Gasteiger partial charge in [-0.25, -0.2) is 4.39 Å². The van der Waals surface area contributed by atoms with Crippen LogP contribution in [-0.2, 0) is 11.3 Å². The van der Waals surface area contributed by atoms with Crippen LogP contribution in [0.4, 0.5) is 4.39 Å². The average molecular weight is 234 g/mol. The minimum atomic E-state index is -0.464. The zero-order valence-corrected chi connectivity index (χ0v) is 9.74. The van der Waals surface area contributed by atoms with Gasteiger partial charge in [0.1, 0.15) is 11.9 Å². The molecule has 1 aromatic rings. The summed E-state index contributed by atoms with van der Waals surface area (Å²) in [5.74, 6) is -0.464. The Bertz CT molecular complexity index is 442. The lowest BCUT2D eigenvalue weighted by molar-refractivity contribution is 0.113. The predicted octanol–water partition coefficient (Wildman–Crippen LogP) is 1.96. The van der Waals surface area contributed by atoms with Crippen molar-refractivity contribution < 1.29 is 9.13 Å². The van der Waals surface area contributed by atoms with Crippen LogP contribution < -0.4 is 5.32 Å². The van der Waals surface area contributed by atoms with Gasteiger partial charge in [-0.2, -0.15) is 5.26 Å². The van der Waals surface area contributed by atoms with Gasteiger partial charge >= 0.3 is 0 Å². The lowest BCUT2D eigenvalue weighted by Gasteiger charge is -2.16. The molecule has 1 saturated heterocycles. The van der Waals surface area contributed by atoms with E-state index in [1.165, 1.54) is 6.07 Å². The third-order valence-electron chi connectivity index (χ3n) is 3.10. The Morgan fingerprint density at radius 2 is 2.41 bits per heavy atom. The molecule has 2 atom stereocenters. The Morgan fingerprint density at radius 1 is 1.59 bits per heavy atom. The predicted molar refractivity (Wildman–Crippen MR) is 61.8 cm³/mol. The molecule has 1 N–H and O–H groups in total. The van der Waals surface area contributed by atoms with E-state index in [0.717, 1.165) is 18.6 Å². The molecule has 0 bridgehead atoms. The molecule has 90 valence electrons. The van der Waals surface area contributed by atoms with E-state index in [-0.39, 0.29) is 11.7 Å². The summed E-state index contributed by atoms with van der Waals surface area (Å²) >= 11 is 0. The largest absolute Gasteiger partial charge is 0.377 e. The molecule has 3 nitrogen and oxygen atoms in total. The van der Waals surface area contributed by atoms with Gasteiger partial charge in [-0.1, -0.05) is 6.07 Å².